The van der Waals surface area contributed by atoms with Gasteiger partial charge in [0.15, 0.2) is 6.61 Å². The van der Waals surface area contributed by atoms with Crippen LogP contribution in [0.3, 0.4) is 0 Å². The highest BCUT2D eigenvalue weighted by molar-refractivity contribution is 5.67. The van der Waals surface area contributed by atoms with Crippen molar-refractivity contribution < 1.29 is 25.0 Å². The van der Waals surface area contributed by atoms with Crippen LogP contribution < -0.4 is 5.48 Å². The molecule has 2 aliphatic carbocycles. The number of aliphatic carboxylic acids is 1. The highest BCUT2D eigenvalue weighted by Crippen LogP contribution is 2.48. The standard InChI is InChI=1S/C20H23NO5/c1-11-3-4-13(12(2)7-11)18(22)6-5-14-15-8-17(16(15)9-19(14)23)21-26-10-20(24)25/h3-4,7,14-15,18-19,21-23H,8-10H2,1-2H3,(H,24,25). The van der Waals surface area contributed by atoms with Crippen molar-refractivity contribution in [3.8, 4) is 11.8 Å². The lowest BCUT2D eigenvalue weighted by Gasteiger charge is -2.30. The van der Waals surface area contributed by atoms with E-state index in [4.69, 9.17) is 9.94 Å². The second kappa shape index (κ2) is 7.50. The van der Waals surface area contributed by atoms with Crippen LogP contribution in [0.2, 0.25) is 0 Å². The van der Waals surface area contributed by atoms with E-state index in [1.165, 1.54) is 0 Å². The summed E-state index contributed by atoms with van der Waals surface area (Å²) in [7, 11) is 0. The van der Waals surface area contributed by atoms with Crippen molar-refractivity contribution in [2.45, 2.75) is 38.9 Å². The Hall–Kier alpha value is -2.33. The Labute approximate surface area is 152 Å². The molecule has 1 aromatic carbocycles. The van der Waals surface area contributed by atoms with Crippen molar-refractivity contribution in [2.24, 2.45) is 11.8 Å². The molecule has 6 nitrogen and oxygen atoms in total. The fourth-order valence-corrected chi connectivity index (χ4v) is 3.68. The first-order chi connectivity index (χ1) is 12.4. The van der Waals surface area contributed by atoms with Crippen LogP contribution in [0.25, 0.3) is 0 Å². The highest BCUT2D eigenvalue weighted by Gasteiger charge is 2.45. The number of carbonyl (C=O) groups is 1. The summed E-state index contributed by atoms with van der Waals surface area (Å²) in [6.45, 7) is 3.52. The van der Waals surface area contributed by atoms with E-state index in [2.05, 4.69) is 17.3 Å². The number of aliphatic hydroxyl groups is 2. The molecular weight excluding hydrogens is 334 g/mol. The predicted octanol–water partition coefficient (Wildman–Crippen LogP) is 1.60. The average Bonchev–Trinajstić information content (AvgIpc) is 2.80. The van der Waals surface area contributed by atoms with Gasteiger partial charge in [0.05, 0.1) is 12.0 Å². The fourth-order valence-electron chi connectivity index (χ4n) is 3.68. The average molecular weight is 357 g/mol. The van der Waals surface area contributed by atoms with Gasteiger partial charge in [0.2, 0.25) is 0 Å². The lowest BCUT2D eigenvalue weighted by Crippen LogP contribution is -2.30. The molecule has 1 saturated carbocycles. The summed E-state index contributed by atoms with van der Waals surface area (Å²) in [5.41, 5.74) is 7.42. The zero-order valence-electron chi connectivity index (χ0n) is 14.8. The van der Waals surface area contributed by atoms with Gasteiger partial charge >= 0.3 is 5.97 Å². The normalized spacial score (nSPS) is 25.0. The van der Waals surface area contributed by atoms with Crippen LogP contribution in [0.5, 0.6) is 0 Å². The molecule has 4 atom stereocenters. The number of carboxylic acids is 1. The Morgan fingerprint density at radius 3 is 2.85 bits per heavy atom. The van der Waals surface area contributed by atoms with Crippen molar-refractivity contribution >= 4 is 5.97 Å². The number of benzene rings is 1. The van der Waals surface area contributed by atoms with Crippen molar-refractivity contribution in [3.63, 3.8) is 0 Å². The molecule has 0 amide bonds. The van der Waals surface area contributed by atoms with Gasteiger partial charge in [-0.15, -0.1) is 0 Å². The van der Waals surface area contributed by atoms with Crippen molar-refractivity contribution in [1.82, 2.24) is 5.48 Å². The van der Waals surface area contributed by atoms with Gasteiger partial charge < -0.3 is 15.3 Å². The summed E-state index contributed by atoms with van der Waals surface area (Å²) in [4.78, 5) is 15.4. The number of rotatable bonds is 5. The Bertz CT molecular complexity index is 804. The maximum atomic E-state index is 10.5. The topological polar surface area (TPSA) is 99.0 Å². The smallest absolute Gasteiger partial charge is 0.332 e. The third kappa shape index (κ3) is 3.75. The van der Waals surface area contributed by atoms with E-state index in [0.717, 1.165) is 28.0 Å². The van der Waals surface area contributed by atoms with E-state index in [1.54, 1.807) is 0 Å². The maximum absolute atomic E-state index is 10.5. The summed E-state index contributed by atoms with van der Waals surface area (Å²) in [5.74, 6) is 4.79. The minimum atomic E-state index is -1.05. The molecule has 4 N–H and O–H groups in total. The molecule has 138 valence electrons. The van der Waals surface area contributed by atoms with E-state index in [-0.39, 0.29) is 11.8 Å². The monoisotopic (exact) mass is 357 g/mol. The quantitative estimate of drug-likeness (QED) is 0.472. The lowest BCUT2D eigenvalue weighted by atomic mass is 9.79. The highest BCUT2D eigenvalue weighted by atomic mass is 16.7. The molecular formula is C20H23NO5. The van der Waals surface area contributed by atoms with Gasteiger partial charge in [0.25, 0.3) is 0 Å². The third-order valence-electron chi connectivity index (χ3n) is 5.03. The van der Waals surface area contributed by atoms with Crippen molar-refractivity contribution in [2.75, 3.05) is 6.61 Å². The molecule has 0 saturated heterocycles. The van der Waals surface area contributed by atoms with Crippen LogP contribution in [-0.2, 0) is 9.63 Å². The molecule has 2 aliphatic rings. The minimum absolute atomic E-state index is 0.125. The molecule has 0 radical (unpaired) electrons. The Morgan fingerprint density at radius 1 is 1.38 bits per heavy atom. The molecule has 0 aliphatic heterocycles. The SMILES string of the molecule is Cc1ccc(C(O)C#CC2C(O)CC3=C(NOCC(=O)O)CC32)c(C)c1. The second-order valence-electron chi connectivity index (χ2n) is 6.95. The van der Waals surface area contributed by atoms with Gasteiger partial charge in [-0.05, 0) is 43.4 Å². The molecule has 6 heteroatoms. The molecule has 0 aromatic heterocycles. The summed E-state index contributed by atoms with van der Waals surface area (Å²) in [6, 6.07) is 5.83. The molecule has 4 unspecified atom stereocenters. The Kier molecular flexibility index (Phi) is 5.33. The van der Waals surface area contributed by atoms with Crippen molar-refractivity contribution in [3.05, 3.63) is 46.2 Å². The van der Waals surface area contributed by atoms with Gasteiger partial charge in [-0.25, -0.2) is 4.79 Å². The van der Waals surface area contributed by atoms with Gasteiger partial charge in [0, 0.05) is 11.6 Å². The molecule has 0 heterocycles. The van der Waals surface area contributed by atoms with E-state index in [9.17, 15) is 15.0 Å². The largest absolute Gasteiger partial charge is 0.479 e. The van der Waals surface area contributed by atoms with Gasteiger partial charge in [-0.3, -0.25) is 10.3 Å². The molecule has 3 rings (SSSR count). The minimum Gasteiger partial charge on any atom is -0.479 e. The summed E-state index contributed by atoms with van der Waals surface area (Å²) < 4.78 is 0. The molecule has 0 spiro atoms. The number of nitrogens with one attached hydrogen (secondary N) is 1. The van der Waals surface area contributed by atoms with E-state index >= 15 is 0 Å². The second-order valence-corrected chi connectivity index (χ2v) is 6.95. The van der Waals surface area contributed by atoms with E-state index < -0.39 is 24.8 Å². The predicted molar refractivity (Wildman–Crippen MR) is 94.6 cm³/mol. The van der Waals surface area contributed by atoms with Crippen LogP contribution in [0, 0.1) is 37.5 Å². The number of hydrogen-bond donors (Lipinski definition) is 4. The van der Waals surface area contributed by atoms with Gasteiger partial charge in [-0.1, -0.05) is 35.6 Å². The third-order valence-corrected chi connectivity index (χ3v) is 5.03. The maximum Gasteiger partial charge on any atom is 0.332 e. The van der Waals surface area contributed by atoms with Crippen LogP contribution in [0.4, 0.5) is 0 Å². The first-order valence-corrected chi connectivity index (χ1v) is 8.62. The zero-order valence-corrected chi connectivity index (χ0v) is 14.8. The van der Waals surface area contributed by atoms with Gasteiger partial charge in [0.1, 0.15) is 6.10 Å². The first-order valence-electron chi connectivity index (χ1n) is 8.62. The summed E-state index contributed by atoms with van der Waals surface area (Å²) in [5, 5.41) is 29.2. The Balaban J connectivity index is 1.66. The number of hydroxylamine groups is 1. The first kappa shape index (κ1) is 18.5. The van der Waals surface area contributed by atoms with E-state index in [1.807, 2.05) is 32.0 Å². The number of allylic oxidation sites excluding steroid dienone is 1. The molecule has 1 aromatic rings. The van der Waals surface area contributed by atoms with Crippen LogP contribution in [-0.4, -0.2) is 34.0 Å². The lowest BCUT2D eigenvalue weighted by molar-refractivity contribution is -0.144. The number of hydrogen-bond acceptors (Lipinski definition) is 5. The molecule has 0 bridgehead atoms. The Morgan fingerprint density at radius 2 is 2.15 bits per heavy atom. The van der Waals surface area contributed by atoms with Crippen molar-refractivity contribution in [1.29, 1.82) is 0 Å². The summed E-state index contributed by atoms with van der Waals surface area (Å²) >= 11 is 0. The molecule has 26 heavy (non-hydrogen) atoms. The number of aryl methyl sites for hydroxylation is 2. The van der Waals surface area contributed by atoms with Crippen LogP contribution in [0.1, 0.15) is 35.6 Å². The zero-order chi connectivity index (χ0) is 18.8. The fraction of sp³-hybridized carbons (Fsp3) is 0.450. The molecule has 1 fully saturated rings. The number of aliphatic hydroxyl groups excluding tert-OH is 2. The number of fused-ring (bicyclic) bond motifs is 1. The summed E-state index contributed by atoms with van der Waals surface area (Å²) in [6.07, 6.45) is -0.326. The van der Waals surface area contributed by atoms with Crippen LogP contribution >= 0.6 is 0 Å². The van der Waals surface area contributed by atoms with Crippen LogP contribution in [0.15, 0.2) is 29.5 Å². The van der Waals surface area contributed by atoms with Gasteiger partial charge in [-0.2, -0.15) is 0 Å². The van der Waals surface area contributed by atoms with E-state index in [0.29, 0.717) is 12.8 Å². The number of carboxylic acid groups (broad SMARTS) is 1.